The molecule has 0 spiro atoms. The largest absolute Gasteiger partial charge is 0.442 e. The van der Waals surface area contributed by atoms with Gasteiger partial charge in [-0.2, -0.15) is 0 Å². The van der Waals surface area contributed by atoms with Gasteiger partial charge in [0.05, 0.1) is 13.1 Å². The van der Waals surface area contributed by atoms with Crippen LogP contribution in [-0.4, -0.2) is 33.4 Å². The quantitative estimate of drug-likeness (QED) is 0.527. The van der Waals surface area contributed by atoms with Crippen molar-refractivity contribution in [2.24, 2.45) is 0 Å². The Hall–Kier alpha value is -1.51. The van der Waals surface area contributed by atoms with Crippen molar-refractivity contribution >= 4 is 34.8 Å². The maximum Gasteiger partial charge on any atom is 0.429 e. The van der Waals surface area contributed by atoms with Gasteiger partial charge in [0, 0.05) is 3.57 Å². The monoisotopic (exact) mass is 460 g/mol. The molecule has 1 aliphatic rings. The minimum Gasteiger partial charge on any atom is -0.442 e. The third-order valence-corrected chi connectivity index (χ3v) is 4.35. The molecule has 0 radical (unpaired) electrons. The van der Waals surface area contributed by atoms with Crippen LogP contribution in [0.15, 0.2) is 18.2 Å². The Kier molecular flexibility index (Phi) is 5.56. The summed E-state index contributed by atoms with van der Waals surface area (Å²) in [7, 11) is 0. The number of amides is 2. The molecule has 7 heteroatoms. The fraction of sp³-hybridized carbons (Fsp3) is 0.556. The number of benzene rings is 1. The number of nitrogens with zero attached hydrogens (tertiary/aromatic N) is 2. The normalized spacial score (nSPS) is 14.8. The Morgan fingerprint density at radius 3 is 1.88 bits per heavy atom. The van der Waals surface area contributed by atoms with Crippen LogP contribution in [-0.2, 0) is 22.6 Å². The third-order valence-electron chi connectivity index (χ3n) is 3.34. The summed E-state index contributed by atoms with van der Waals surface area (Å²) in [6.45, 7) is 11.3. The van der Waals surface area contributed by atoms with Gasteiger partial charge in [-0.3, -0.25) is 0 Å². The molecule has 25 heavy (non-hydrogen) atoms. The van der Waals surface area contributed by atoms with Gasteiger partial charge in [-0.25, -0.2) is 19.6 Å². The molecule has 0 aromatic heterocycles. The van der Waals surface area contributed by atoms with Crippen LogP contribution >= 0.6 is 22.6 Å². The van der Waals surface area contributed by atoms with E-state index in [-0.39, 0.29) is 13.1 Å². The lowest BCUT2D eigenvalue weighted by atomic mass is 10.1. The highest BCUT2D eigenvalue weighted by atomic mass is 127. The molecule has 0 bridgehead atoms. The SMILES string of the molecule is CC(C)(C)OC(=O)N1Cc2cccc(I)c2CN1C(=O)OC(C)(C)C. The summed E-state index contributed by atoms with van der Waals surface area (Å²) in [4.78, 5) is 25.3. The van der Waals surface area contributed by atoms with Gasteiger partial charge in [0.1, 0.15) is 11.2 Å². The fourth-order valence-electron chi connectivity index (χ4n) is 2.37. The zero-order valence-electron chi connectivity index (χ0n) is 15.6. The molecule has 0 fully saturated rings. The second kappa shape index (κ2) is 7.01. The van der Waals surface area contributed by atoms with Crippen LogP contribution < -0.4 is 0 Å². The maximum absolute atomic E-state index is 12.7. The summed E-state index contributed by atoms with van der Waals surface area (Å²) in [5.41, 5.74) is 0.717. The molecule has 1 aliphatic heterocycles. The number of fused-ring (bicyclic) bond motifs is 1. The van der Waals surface area contributed by atoms with Gasteiger partial charge >= 0.3 is 12.2 Å². The lowest BCUT2D eigenvalue weighted by molar-refractivity contribution is -0.0752. The number of ether oxygens (including phenoxy) is 2. The summed E-state index contributed by atoms with van der Waals surface area (Å²) < 4.78 is 12.0. The van der Waals surface area contributed by atoms with E-state index < -0.39 is 23.4 Å². The third kappa shape index (κ3) is 5.23. The van der Waals surface area contributed by atoms with Crippen molar-refractivity contribution in [3.8, 4) is 0 Å². The highest BCUT2D eigenvalue weighted by Gasteiger charge is 2.37. The molecule has 2 amide bonds. The molecule has 6 nitrogen and oxygen atoms in total. The number of hydrazine groups is 1. The number of carbonyl (C=O) groups excluding carboxylic acids is 2. The highest BCUT2D eigenvalue weighted by molar-refractivity contribution is 14.1. The molecule has 138 valence electrons. The van der Waals surface area contributed by atoms with E-state index in [1.54, 1.807) is 41.5 Å². The van der Waals surface area contributed by atoms with Crippen LogP contribution in [0.4, 0.5) is 9.59 Å². The molecular weight excluding hydrogens is 435 g/mol. The zero-order valence-corrected chi connectivity index (χ0v) is 17.7. The van der Waals surface area contributed by atoms with Crippen molar-refractivity contribution in [1.29, 1.82) is 0 Å². The minimum atomic E-state index is -0.652. The molecule has 0 unspecified atom stereocenters. The van der Waals surface area contributed by atoms with Crippen LogP contribution in [0, 0.1) is 3.57 Å². The number of halogens is 1. The van der Waals surface area contributed by atoms with Crippen LogP contribution in [0.25, 0.3) is 0 Å². The van der Waals surface area contributed by atoms with Crippen LogP contribution in [0.5, 0.6) is 0 Å². The number of carbonyl (C=O) groups is 2. The second-order valence-electron chi connectivity index (χ2n) is 7.95. The van der Waals surface area contributed by atoms with Gasteiger partial charge in [-0.15, -0.1) is 0 Å². The Balaban J connectivity index is 2.35. The fourth-order valence-corrected chi connectivity index (χ4v) is 3.09. The van der Waals surface area contributed by atoms with Gasteiger partial charge in [-0.1, -0.05) is 12.1 Å². The first-order valence-electron chi connectivity index (χ1n) is 8.14. The molecule has 0 N–H and O–H groups in total. The summed E-state index contributed by atoms with van der Waals surface area (Å²) in [6.07, 6.45) is -1.13. The first-order chi connectivity index (χ1) is 11.4. The van der Waals surface area contributed by atoms with E-state index in [4.69, 9.17) is 9.47 Å². The Morgan fingerprint density at radius 2 is 1.40 bits per heavy atom. The summed E-state index contributed by atoms with van der Waals surface area (Å²) >= 11 is 2.24. The highest BCUT2D eigenvalue weighted by Crippen LogP contribution is 2.29. The summed E-state index contributed by atoms with van der Waals surface area (Å²) in [5, 5.41) is 2.64. The van der Waals surface area contributed by atoms with E-state index >= 15 is 0 Å². The Morgan fingerprint density at radius 1 is 0.920 bits per heavy atom. The average Bonchev–Trinajstić information content (AvgIpc) is 2.42. The van der Waals surface area contributed by atoms with Crippen molar-refractivity contribution in [2.45, 2.75) is 65.8 Å². The maximum atomic E-state index is 12.7. The van der Waals surface area contributed by atoms with Crippen LogP contribution in [0.2, 0.25) is 0 Å². The van der Waals surface area contributed by atoms with Crippen LogP contribution in [0.3, 0.4) is 0 Å². The minimum absolute atomic E-state index is 0.264. The standard InChI is InChI=1S/C18H25IN2O4/c1-17(2,3)24-15(22)20-10-12-8-7-9-14(19)13(12)11-21(20)16(23)25-18(4,5)6/h7-9H,10-11H2,1-6H3. The van der Waals surface area contributed by atoms with E-state index in [0.717, 1.165) is 14.7 Å². The smallest absolute Gasteiger partial charge is 0.429 e. The molecule has 1 aromatic rings. The molecule has 0 aliphatic carbocycles. The Bertz CT molecular complexity index is 677. The number of hydrogen-bond acceptors (Lipinski definition) is 4. The van der Waals surface area contributed by atoms with Crippen LogP contribution in [0.1, 0.15) is 52.7 Å². The number of hydrogen-bond donors (Lipinski definition) is 0. The molecule has 2 rings (SSSR count). The first kappa shape index (κ1) is 19.8. The predicted molar refractivity (Wildman–Crippen MR) is 103 cm³/mol. The van der Waals surface area contributed by atoms with E-state index in [1.807, 2.05) is 18.2 Å². The van der Waals surface area contributed by atoms with Gasteiger partial charge < -0.3 is 9.47 Å². The second-order valence-corrected chi connectivity index (χ2v) is 9.12. The van der Waals surface area contributed by atoms with Crippen molar-refractivity contribution in [3.63, 3.8) is 0 Å². The molecule has 1 aromatic carbocycles. The Labute approximate surface area is 162 Å². The first-order valence-corrected chi connectivity index (χ1v) is 9.22. The van der Waals surface area contributed by atoms with Crippen molar-refractivity contribution in [2.75, 3.05) is 0 Å². The summed E-state index contributed by atoms with van der Waals surface area (Å²) in [6, 6.07) is 5.88. The van der Waals surface area contributed by atoms with Crippen molar-refractivity contribution < 1.29 is 19.1 Å². The van der Waals surface area contributed by atoms with Gasteiger partial charge in [-0.05, 0) is 81.3 Å². The molecule has 0 saturated carbocycles. The lowest BCUT2D eigenvalue weighted by Crippen LogP contribution is -2.54. The predicted octanol–water partition coefficient (Wildman–Crippen LogP) is 4.69. The van der Waals surface area contributed by atoms with E-state index in [9.17, 15) is 9.59 Å². The van der Waals surface area contributed by atoms with E-state index in [2.05, 4.69) is 22.6 Å². The van der Waals surface area contributed by atoms with Crippen molar-refractivity contribution in [3.05, 3.63) is 32.9 Å². The lowest BCUT2D eigenvalue weighted by Gasteiger charge is -2.40. The topological polar surface area (TPSA) is 59.1 Å². The van der Waals surface area contributed by atoms with E-state index in [1.165, 1.54) is 10.0 Å². The molecule has 0 saturated heterocycles. The number of rotatable bonds is 0. The van der Waals surface area contributed by atoms with Gasteiger partial charge in [0.2, 0.25) is 0 Å². The average molecular weight is 460 g/mol. The van der Waals surface area contributed by atoms with E-state index in [0.29, 0.717) is 0 Å². The molecular formula is C18H25IN2O4. The summed E-state index contributed by atoms with van der Waals surface area (Å²) in [5.74, 6) is 0. The molecule has 1 heterocycles. The zero-order chi connectivity index (χ0) is 19.0. The molecule has 0 atom stereocenters. The van der Waals surface area contributed by atoms with Gasteiger partial charge in [0.25, 0.3) is 0 Å². The van der Waals surface area contributed by atoms with Gasteiger partial charge in [0.15, 0.2) is 0 Å². The van der Waals surface area contributed by atoms with Crippen molar-refractivity contribution in [1.82, 2.24) is 10.0 Å².